The minimum atomic E-state index is -0.303. The maximum Gasteiger partial charge on any atom is 0.167 e. The molecule has 2 nitrogen and oxygen atoms in total. The molecular formula is C17H26FNO. The van der Waals surface area contributed by atoms with Crippen LogP contribution in [0.3, 0.4) is 0 Å². The molecule has 112 valence electrons. The molecule has 0 amide bonds. The van der Waals surface area contributed by atoms with Crippen LogP contribution in [-0.2, 0) is 0 Å². The van der Waals surface area contributed by atoms with E-state index in [-0.39, 0.29) is 5.82 Å². The fraction of sp³-hybridized carbons (Fsp3) is 0.647. The number of hydrogen-bond acceptors (Lipinski definition) is 2. The minimum Gasteiger partial charge on any atom is -0.494 e. The molecule has 1 fully saturated rings. The predicted octanol–water partition coefficient (Wildman–Crippen LogP) is 4.71. The Labute approximate surface area is 121 Å². The number of benzene rings is 1. The van der Waals surface area contributed by atoms with Crippen LogP contribution in [0.5, 0.6) is 5.75 Å². The van der Waals surface area contributed by atoms with Gasteiger partial charge in [0.1, 0.15) is 0 Å². The topological polar surface area (TPSA) is 21.3 Å². The Balaban J connectivity index is 2.11. The van der Waals surface area contributed by atoms with Crippen molar-refractivity contribution in [1.29, 1.82) is 0 Å². The number of rotatable bonds is 4. The second-order valence-electron chi connectivity index (χ2n) is 6.43. The van der Waals surface area contributed by atoms with Crippen LogP contribution in [0.2, 0.25) is 0 Å². The summed E-state index contributed by atoms with van der Waals surface area (Å²) in [5.74, 6) is 2.06. The van der Waals surface area contributed by atoms with Crippen LogP contribution in [0.4, 0.5) is 10.1 Å². The smallest absolute Gasteiger partial charge is 0.167 e. The lowest BCUT2D eigenvalue weighted by molar-refractivity contribution is 0.212. The van der Waals surface area contributed by atoms with E-state index in [2.05, 4.69) is 26.1 Å². The average Bonchev–Trinajstić information content (AvgIpc) is 2.38. The predicted molar refractivity (Wildman–Crippen MR) is 81.7 cm³/mol. The van der Waals surface area contributed by atoms with E-state index in [1.165, 1.54) is 26.0 Å². The Morgan fingerprint density at radius 3 is 2.65 bits per heavy atom. The molecule has 1 saturated carbocycles. The van der Waals surface area contributed by atoms with Crippen molar-refractivity contribution in [3.8, 4) is 5.75 Å². The van der Waals surface area contributed by atoms with Crippen molar-refractivity contribution < 1.29 is 9.13 Å². The van der Waals surface area contributed by atoms with Gasteiger partial charge in [-0.2, -0.15) is 0 Å². The molecule has 0 bridgehead atoms. The van der Waals surface area contributed by atoms with Crippen molar-refractivity contribution in [3.63, 3.8) is 0 Å². The van der Waals surface area contributed by atoms with E-state index in [4.69, 9.17) is 4.74 Å². The maximum absolute atomic E-state index is 13.8. The molecule has 0 aromatic heterocycles. The van der Waals surface area contributed by atoms with Gasteiger partial charge in [-0.25, -0.2) is 4.39 Å². The zero-order chi connectivity index (χ0) is 14.7. The molecule has 1 aromatic rings. The minimum absolute atomic E-state index is 0.299. The number of ether oxygens (including phenoxy) is 1. The number of nitrogens with one attached hydrogen (secondary N) is 1. The van der Waals surface area contributed by atoms with Crippen molar-refractivity contribution in [3.05, 3.63) is 24.0 Å². The van der Waals surface area contributed by atoms with Gasteiger partial charge in [0.2, 0.25) is 0 Å². The van der Waals surface area contributed by atoms with Gasteiger partial charge in [0.25, 0.3) is 0 Å². The van der Waals surface area contributed by atoms with Gasteiger partial charge in [-0.1, -0.05) is 27.2 Å². The van der Waals surface area contributed by atoms with Gasteiger partial charge in [0.15, 0.2) is 11.6 Å². The molecule has 3 atom stereocenters. The molecule has 0 heterocycles. The van der Waals surface area contributed by atoms with E-state index >= 15 is 0 Å². The standard InChI is InChI=1S/C17H26FNO/c1-11(2)14-7-5-12(3)9-16(14)19-13-6-8-17(20-4)15(18)10-13/h6,8,10-12,14,16,19H,5,7,9H2,1-4H3. The number of methoxy groups -OCH3 is 1. The summed E-state index contributed by atoms with van der Waals surface area (Å²) in [6, 6.07) is 5.56. The molecule has 1 aliphatic carbocycles. The van der Waals surface area contributed by atoms with E-state index < -0.39 is 0 Å². The number of anilines is 1. The Kier molecular flexibility index (Phi) is 4.90. The van der Waals surface area contributed by atoms with E-state index in [1.54, 1.807) is 6.07 Å². The number of halogens is 1. The third kappa shape index (κ3) is 3.44. The molecule has 0 aliphatic heterocycles. The summed E-state index contributed by atoms with van der Waals surface area (Å²) < 4.78 is 18.7. The van der Waals surface area contributed by atoms with E-state index in [9.17, 15) is 4.39 Å². The quantitative estimate of drug-likeness (QED) is 0.862. The third-order valence-corrected chi connectivity index (χ3v) is 4.53. The third-order valence-electron chi connectivity index (χ3n) is 4.53. The molecule has 1 aliphatic rings. The summed E-state index contributed by atoms with van der Waals surface area (Å²) in [4.78, 5) is 0. The molecule has 1 aromatic carbocycles. The molecule has 3 heteroatoms. The fourth-order valence-electron chi connectivity index (χ4n) is 3.34. The zero-order valence-corrected chi connectivity index (χ0v) is 12.9. The normalized spacial score (nSPS) is 26.6. The highest BCUT2D eigenvalue weighted by Crippen LogP contribution is 2.35. The summed E-state index contributed by atoms with van der Waals surface area (Å²) in [7, 11) is 1.49. The fourth-order valence-corrected chi connectivity index (χ4v) is 3.34. The highest BCUT2D eigenvalue weighted by Gasteiger charge is 2.30. The molecule has 3 unspecified atom stereocenters. The van der Waals surface area contributed by atoms with Crippen molar-refractivity contribution in [2.24, 2.45) is 17.8 Å². The molecule has 20 heavy (non-hydrogen) atoms. The first-order chi connectivity index (χ1) is 9.51. The van der Waals surface area contributed by atoms with Gasteiger partial charge in [-0.3, -0.25) is 0 Å². The van der Waals surface area contributed by atoms with Crippen molar-refractivity contribution >= 4 is 5.69 Å². The van der Waals surface area contributed by atoms with Crippen LogP contribution in [0.25, 0.3) is 0 Å². The number of hydrogen-bond donors (Lipinski definition) is 1. The SMILES string of the molecule is COc1ccc(NC2CC(C)CCC2C(C)C)cc1F. The second kappa shape index (κ2) is 6.47. The molecule has 0 saturated heterocycles. The van der Waals surface area contributed by atoms with Gasteiger partial charge in [0.05, 0.1) is 7.11 Å². The van der Waals surface area contributed by atoms with Crippen molar-refractivity contribution in [2.75, 3.05) is 12.4 Å². The summed E-state index contributed by atoms with van der Waals surface area (Å²) in [6.45, 7) is 6.87. The Hall–Kier alpha value is -1.25. The second-order valence-corrected chi connectivity index (χ2v) is 6.43. The maximum atomic E-state index is 13.8. The first-order valence-electron chi connectivity index (χ1n) is 7.61. The van der Waals surface area contributed by atoms with Crippen LogP contribution in [0, 0.1) is 23.6 Å². The van der Waals surface area contributed by atoms with E-state index in [1.807, 2.05) is 6.07 Å². The van der Waals surface area contributed by atoms with E-state index in [0.717, 1.165) is 18.0 Å². The van der Waals surface area contributed by atoms with Gasteiger partial charge in [-0.15, -0.1) is 0 Å². The van der Waals surface area contributed by atoms with Gasteiger partial charge in [-0.05, 0) is 42.7 Å². The highest BCUT2D eigenvalue weighted by molar-refractivity contribution is 5.48. The Morgan fingerprint density at radius 2 is 2.05 bits per heavy atom. The lowest BCUT2D eigenvalue weighted by Gasteiger charge is -2.38. The van der Waals surface area contributed by atoms with Gasteiger partial charge in [0, 0.05) is 17.8 Å². The molecule has 0 spiro atoms. The van der Waals surface area contributed by atoms with Crippen molar-refractivity contribution in [1.82, 2.24) is 0 Å². The summed E-state index contributed by atoms with van der Waals surface area (Å²) in [6.07, 6.45) is 3.73. The van der Waals surface area contributed by atoms with Crippen LogP contribution in [0.15, 0.2) is 18.2 Å². The molecule has 0 radical (unpaired) electrons. The molecule has 2 rings (SSSR count). The first-order valence-corrected chi connectivity index (χ1v) is 7.61. The summed E-state index contributed by atoms with van der Waals surface area (Å²) >= 11 is 0. The van der Waals surface area contributed by atoms with Gasteiger partial charge >= 0.3 is 0 Å². The Bertz CT molecular complexity index is 447. The van der Waals surface area contributed by atoms with Gasteiger partial charge < -0.3 is 10.1 Å². The lowest BCUT2D eigenvalue weighted by Crippen LogP contribution is -2.37. The average molecular weight is 279 g/mol. The summed E-state index contributed by atoms with van der Waals surface area (Å²) in [5.41, 5.74) is 0.855. The largest absolute Gasteiger partial charge is 0.494 e. The van der Waals surface area contributed by atoms with Crippen LogP contribution < -0.4 is 10.1 Å². The van der Waals surface area contributed by atoms with E-state index in [0.29, 0.717) is 23.6 Å². The highest BCUT2D eigenvalue weighted by atomic mass is 19.1. The zero-order valence-electron chi connectivity index (χ0n) is 12.9. The van der Waals surface area contributed by atoms with Crippen LogP contribution in [0.1, 0.15) is 40.0 Å². The lowest BCUT2D eigenvalue weighted by atomic mass is 9.74. The van der Waals surface area contributed by atoms with Crippen LogP contribution in [-0.4, -0.2) is 13.2 Å². The molecule has 1 N–H and O–H groups in total. The molecular weight excluding hydrogens is 253 g/mol. The summed E-state index contributed by atoms with van der Waals surface area (Å²) in [5, 5.41) is 3.54. The monoisotopic (exact) mass is 279 g/mol. The van der Waals surface area contributed by atoms with Crippen molar-refractivity contribution in [2.45, 2.75) is 46.1 Å². The Morgan fingerprint density at radius 1 is 1.30 bits per heavy atom. The van der Waals surface area contributed by atoms with Crippen LogP contribution >= 0.6 is 0 Å². The first kappa shape index (κ1) is 15.1.